The van der Waals surface area contributed by atoms with Crippen LogP contribution in [0.15, 0.2) is 18.3 Å². The number of nitrogens with two attached hydrogens (primary N) is 1. The zero-order valence-electron chi connectivity index (χ0n) is 11.4. The van der Waals surface area contributed by atoms with Gasteiger partial charge < -0.3 is 16.0 Å². The van der Waals surface area contributed by atoms with Crippen LogP contribution in [0.25, 0.3) is 0 Å². The van der Waals surface area contributed by atoms with Crippen LogP contribution in [0.5, 0.6) is 0 Å². The van der Waals surface area contributed by atoms with Gasteiger partial charge in [-0.2, -0.15) is 0 Å². The summed E-state index contributed by atoms with van der Waals surface area (Å²) >= 11 is 0. The van der Waals surface area contributed by atoms with Crippen molar-refractivity contribution in [2.24, 2.45) is 11.7 Å². The van der Waals surface area contributed by atoms with Gasteiger partial charge in [0.2, 0.25) is 5.91 Å². The molecular weight excluding hydrogens is 240 g/mol. The van der Waals surface area contributed by atoms with Gasteiger partial charge in [0, 0.05) is 25.8 Å². The quantitative estimate of drug-likeness (QED) is 0.849. The number of aryl methyl sites for hydroxylation is 1. The molecule has 5 nitrogen and oxygen atoms in total. The number of anilines is 1. The molecule has 1 aromatic heterocycles. The average Bonchev–Trinajstić information content (AvgIpc) is 2.42. The number of likely N-dealkylation sites (tertiary alicyclic amines) is 1. The van der Waals surface area contributed by atoms with Crippen molar-refractivity contribution >= 4 is 11.7 Å². The molecule has 2 heterocycles. The second-order valence-corrected chi connectivity index (χ2v) is 5.14. The number of carbonyl (C=O) groups is 1. The van der Waals surface area contributed by atoms with Crippen molar-refractivity contribution in [1.82, 2.24) is 9.88 Å². The van der Waals surface area contributed by atoms with E-state index in [1.165, 1.54) is 0 Å². The summed E-state index contributed by atoms with van der Waals surface area (Å²) in [4.78, 5) is 18.7. The number of aromatic nitrogens is 1. The molecule has 3 N–H and O–H groups in total. The van der Waals surface area contributed by atoms with E-state index >= 15 is 0 Å². The summed E-state index contributed by atoms with van der Waals surface area (Å²) in [7, 11) is 0. The number of hydrogen-bond donors (Lipinski definition) is 2. The van der Waals surface area contributed by atoms with Crippen LogP contribution in [0, 0.1) is 12.8 Å². The second-order valence-electron chi connectivity index (χ2n) is 5.14. The van der Waals surface area contributed by atoms with Crippen molar-refractivity contribution in [2.75, 3.05) is 31.5 Å². The van der Waals surface area contributed by atoms with Gasteiger partial charge in [-0.05, 0) is 37.9 Å². The average molecular weight is 262 g/mol. The summed E-state index contributed by atoms with van der Waals surface area (Å²) in [5.41, 5.74) is 6.65. The van der Waals surface area contributed by atoms with Crippen LogP contribution in [0.1, 0.15) is 18.4 Å². The third kappa shape index (κ3) is 4.01. The van der Waals surface area contributed by atoms with Crippen LogP contribution < -0.4 is 11.1 Å². The maximum atomic E-state index is 12.2. The lowest BCUT2D eigenvalue weighted by Crippen LogP contribution is -2.42. The zero-order chi connectivity index (χ0) is 13.7. The lowest BCUT2D eigenvalue weighted by atomic mass is 9.97. The number of pyridine rings is 1. The number of carbonyl (C=O) groups excluding carboxylic acids is 1. The first-order valence-corrected chi connectivity index (χ1v) is 6.85. The van der Waals surface area contributed by atoms with Crippen LogP contribution in [0.3, 0.4) is 0 Å². The zero-order valence-corrected chi connectivity index (χ0v) is 11.4. The lowest BCUT2D eigenvalue weighted by molar-refractivity contribution is -0.121. The van der Waals surface area contributed by atoms with E-state index in [9.17, 15) is 4.79 Å². The first-order chi connectivity index (χ1) is 9.19. The second kappa shape index (κ2) is 6.63. The maximum absolute atomic E-state index is 12.2. The summed E-state index contributed by atoms with van der Waals surface area (Å²) in [5, 5.41) is 2.89. The van der Waals surface area contributed by atoms with Gasteiger partial charge in [0.05, 0.1) is 5.92 Å². The lowest BCUT2D eigenvalue weighted by Gasteiger charge is -2.31. The fourth-order valence-corrected chi connectivity index (χ4v) is 2.43. The van der Waals surface area contributed by atoms with Gasteiger partial charge in [0.15, 0.2) is 0 Å². The van der Waals surface area contributed by atoms with Gasteiger partial charge in [-0.25, -0.2) is 4.98 Å². The first kappa shape index (κ1) is 14.0. The van der Waals surface area contributed by atoms with Gasteiger partial charge >= 0.3 is 0 Å². The number of nitrogens with zero attached hydrogens (tertiary/aromatic N) is 2. The Kier molecular flexibility index (Phi) is 4.87. The van der Waals surface area contributed by atoms with E-state index in [2.05, 4.69) is 15.2 Å². The third-order valence-electron chi connectivity index (χ3n) is 3.48. The molecule has 1 atom stereocenters. The molecule has 0 spiro atoms. The van der Waals surface area contributed by atoms with Crippen LogP contribution in [0.4, 0.5) is 5.82 Å². The predicted molar refractivity (Wildman–Crippen MR) is 75.8 cm³/mol. The van der Waals surface area contributed by atoms with Gasteiger partial charge in [0.25, 0.3) is 0 Å². The molecule has 0 bridgehead atoms. The Balaban J connectivity index is 1.90. The summed E-state index contributed by atoms with van der Waals surface area (Å²) in [6.45, 7) is 5.34. The predicted octanol–water partition coefficient (Wildman–Crippen LogP) is 0.999. The van der Waals surface area contributed by atoms with Crippen LogP contribution in [-0.4, -0.2) is 42.0 Å². The maximum Gasteiger partial charge on any atom is 0.229 e. The van der Waals surface area contributed by atoms with Crippen molar-refractivity contribution < 1.29 is 4.79 Å². The number of nitrogens with one attached hydrogen (secondary N) is 1. The highest BCUT2D eigenvalue weighted by Gasteiger charge is 2.25. The van der Waals surface area contributed by atoms with Crippen molar-refractivity contribution in [2.45, 2.75) is 19.8 Å². The number of piperidine rings is 1. The summed E-state index contributed by atoms with van der Waals surface area (Å²) < 4.78 is 0. The highest BCUT2D eigenvalue weighted by molar-refractivity contribution is 5.91. The first-order valence-electron chi connectivity index (χ1n) is 6.85. The Morgan fingerprint density at radius 1 is 1.58 bits per heavy atom. The van der Waals surface area contributed by atoms with Crippen LogP contribution in [-0.2, 0) is 4.79 Å². The molecule has 1 fully saturated rings. The number of hydrogen-bond acceptors (Lipinski definition) is 4. The molecule has 1 aliphatic heterocycles. The molecule has 104 valence electrons. The molecule has 0 aromatic carbocycles. The Morgan fingerprint density at radius 2 is 2.42 bits per heavy atom. The molecule has 0 radical (unpaired) electrons. The van der Waals surface area contributed by atoms with Crippen molar-refractivity contribution in [1.29, 1.82) is 0 Å². The normalized spacial score (nSPS) is 20.2. The number of amides is 1. The van der Waals surface area contributed by atoms with E-state index < -0.39 is 0 Å². The third-order valence-corrected chi connectivity index (χ3v) is 3.48. The monoisotopic (exact) mass is 262 g/mol. The van der Waals surface area contributed by atoms with Crippen molar-refractivity contribution in [3.05, 3.63) is 23.9 Å². The summed E-state index contributed by atoms with van der Waals surface area (Å²) in [6.07, 6.45) is 3.76. The van der Waals surface area contributed by atoms with E-state index in [1.807, 2.05) is 19.1 Å². The van der Waals surface area contributed by atoms with Crippen molar-refractivity contribution in [3.63, 3.8) is 0 Å². The topological polar surface area (TPSA) is 71.2 Å². The Morgan fingerprint density at radius 3 is 3.11 bits per heavy atom. The Labute approximate surface area is 114 Å². The molecule has 2 rings (SSSR count). The molecule has 1 aliphatic rings. The highest BCUT2D eigenvalue weighted by Crippen LogP contribution is 2.17. The molecule has 1 amide bonds. The fraction of sp³-hybridized carbons (Fsp3) is 0.571. The summed E-state index contributed by atoms with van der Waals surface area (Å²) in [6, 6.07) is 3.79. The molecule has 1 unspecified atom stereocenters. The van der Waals surface area contributed by atoms with Gasteiger partial charge in [-0.3, -0.25) is 4.79 Å². The SMILES string of the molecule is Cc1ccc(NC(=O)C2CCCN(CCN)C2)nc1. The van der Waals surface area contributed by atoms with E-state index in [4.69, 9.17) is 5.73 Å². The smallest absolute Gasteiger partial charge is 0.229 e. The molecular formula is C14H22N4O. The van der Waals surface area contributed by atoms with E-state index in [0.29, 0.717) is 12.4 Å². The van der Waals surface area contributed by atoms with E-state index in [1.54, 1.807) is 6.20 Å². The minimum absolute atomic E-state index is 0.0448. The fourth-order valence-electron chi connectivity index (χ4n) is 2.43. The minimum atomic E-state index is 0.0448. The highest BCUT2D eigenvalue weighted by atomic mass is 16.2. The van der Waals surface area contributed by atoms with Gasteiger partial charge in [-0.1, -0.05) is 6.07 Å². The minimum Gasteiger partial charge on any atom is -0.329 e. The van der Waals surface area contributed by atoms with Gasteiger partial charge in [0.1, 0.15) is 5.82 Å². The Bertz CT molecular complexity index is 416. The Hall–Kier alpha value is -1.46. The van der Waals surface area contributed by atoms with E-state index in [0.717, 1.165) is 38.0 Å². The van der Waals surface area contributed by atoms with Crippen LogP contribution >= 0.6 is 0 Å². The van der Waals surface area contributed by atoms with E-state index in [-0.39, 0.29) is 11.8 Å². The molecule has 19 heavy (non-hydrogen) atoms. The molecule has 1 aromatic rings. The molecule has 1 saturated heterocycles. The van der Waals surface area contributed by atoms with Crippen molar-refractivity contribution in [3.8, 4) is 0 Å². The largest absolute Gasteiger partial charge is 0.329 e. The summed E-state index contributed by atoms with van der Waals surface area (Å²) in [5.74, 6) is 0.744. The standard InChI is InChI=1S/C14H22N4O/c1-11-4-5-13(16-9-11)17-14(19)12-3-2-7-18(10-12)8-6-15/h4-5,9,12H,2-3,6-8,10,15H2,1H3,(H,16,17,19). The van der Waals surface area contributed by atoms with Gasteiger partial charge in [-0.15, -0.1) is 0 Å². The molecule has 0 aliphatic carbocycles. The molecule has 5 heteroatoms. The number of rotatable bonds is 4. The van der Waals surface area contributed by atoms with Crippen LogP contribution in [0.2, 0.25) is 0 Å². The molecule has 0 saturated carbocycles.